The maximum atomic E-state index is 13.2. The lowest BCUT2D eigenvalue weighted by Gasteiger charge is -2.51. The van der Waals surface area contributed by atoms with Crippen molar-refractivity contribution in [2.45, 2.75) is 97.5 Å². The standard InChI is InChI=1S/C33H50N2O4.2ClH/c1-6-7-8-10-23(2)24(3)26-21-27(38-29(36)11-9-14-34-17-19-37-20-18-34)31-28(22-26)39-33(4,5)32-30(31)25-12-15-35(32)16-13-25;;/h21-25H,6-20H2,1-5H3;2*1H. The SMILES string of the molecule is CCCCCC(C)C(C)c1cc(OC(=O)CCCN2CCOCC2)c2c(c1)OC(C)(C)C1=C2C2CCN1CC2.Cl.Cl. The van der Waals surface area contributed by atoms with Gasteiger partial charge in [-0.05, 0) is 80.7 Å². The summed E-state index contributed by atoms with van der Waals surface area (Å²) in [5.74, 6) is 2.88. The summed E-state index contributed by atoms with van der Waals surface area (Å²) in [6, 6.07) is 4.43. The molecule has 0 amide bonds. The fourth-order valence-electron chi connectivity index (χ4n) is 7.15. The van der Waals surface area contributed by atoms with Crippen molar-refractivity contribution < 1.29 is 19.0 Å². The van der Waals surface area contributed by atoms with Crippen LogP contribution in [0.1, 0.15) is 103 Å². The molecule has 0 radical (unpaired) electrons. The van der Waals surface area contributed by atoms with E-state index < -0.39 is 5.60 Å². The van der Waals surface area contributed by atoms with Crippen molar-refractivity contribution in [2.75, 3.05) is 45.9 Å². The normalized spacial score (nSPS) is 21.1. The molecule has 0 saturated carbocycles. The molecule has 0 aliphatic carbocycles. The lowest BCUT2D eigenvalue weighted by molar-refractivity contribution is -0.134. The highest BCUT2D eigenvalue weighted by Gasteiger charge is 2.47. The molecule has 5 aliphatic heterocycles. The van der Waals surface area contributed by atoms with Crippen molar-refractivity contribution in [3.8, 4) is 11.5 Å². The molecule has 41 heavy (non-hydrogen) atoms. The Bertz CT molecular complexity index is 1060. The zero-order chi connectivity index (χ0) is 27.6. The van der Waals surface area contributed by atoms with Crippen LogP contribution in [0.25, 0.3) is 5.57 Å². The third-order valence-electron chi connectivity index (χ3n) is 9.59. The molecule has 0 spiro atoms. The Hall–Kier alpha value is -1.47. The fraction of sp³-hybridized carbons (Fsp3) is 0.727. The quantitative estimate of drug-likeness (QED) is 0.147. The Kier molecular flexibility index (Phi) is 12.3. The fourth-order valence-corrected chi connectivity index (χ4v) is 7.15. The van der Waals surface area contributed by atoms with Gasteiger partial charge in [-0.25, -0.2) is 0 Å². The lowest BCUT2D eigenvalue weighted by atomic mass is 9.73. The van der Waals surface area contributed by atoms with Gasteiger partial charge in [0.15, 0.2) is 0 Å². The summed E-state index contributed by atoms with van der Waals surface area (Å²) in [6.45, 7) is 17.9. The lowest BCUT2D eigenvalue weighted by Crippen LogP contribution is -2.51. The Morgan fingerprint density at radius 3 is 2.44 bits per heavy atom. The molecule has 1 aromatic carbocycles. The van der Waals surface area contributed by atoms with E-state index in [1.165, 1.54) is 42.5 Å². The van der Waals surface area contributed by atoms with Crippen LogP contribution < -0.4 is 9.47 Å². The van der Waals surface area contributed by atoms with E-state index in [-0.39, 0.29) is 30.8 Å². The number of halogens is 2. The molecular weight excluding hydrogens is 559 g/mol. The van der Waals surface area contributed by atoms with Crippen LogP contribution in [-0.2, 0) is 9.53 Å². The van der Waals surface area contributed by atoms with Gasteiger partial charge in [-0.15, -0.1) is 24.8 Å². The summed E-state index contributed by atoms with van der Waals surface area (Å²) in [7, 11) is 0. The van der Waals surface area contributed by atoms with Gasteiger partial charge < -0.3 is 19.1 Å². The number of carbonyl (C=O) groups excluding carboxylic acids is 1. The molecule has 0 aromatic heterocycles. The van der Waals surface area contributed by atoms with Gasteiger partial charge in [-0.2, -0.15) is 0 Å². The molecule has 2 saturated heterocycles. The number of rotatable bonds is 11. The third-order valence-corrected chi connectivity index (χ3v) is 9.59. The summed E-state index contributed by atoms with van der Waals surface area (Å²) >= 11 is 0. The minimum Gasteiger partial charge on any atom is -0.481 e. The molecule has 2 atom stereocenters. The van der Waals surface area contributed by atoms with Gasteiger partial charge in [0.1, 0.15) is 17.1 Å². The largest absolute Gasteiger partial charge is 0.481 e. The molecule has 0 N–H and O–H groups in total. The average Bonchev–Trinajstić information content (AvgIpc) is 2.93. The van der Waals surface area contributed by atoms with Crippen molar-refractivity contribution in [1.29, 1.82) is 0 Å². The van der Waals surface area contributed by atoms with Crippen LogP contribution >= 0.6 is 24.8 Å². The number of unbranched alkanes of at least 4 members (excludes halogenated alkanes) is 2. The van der Waals surface area contributed by atoms with Crippen LogP contribution in [0.4, 0.5) is 0 Å². The van der Waals surface area contributed by atoms with E-state index in [4.69, 9.17) is 14.2 Å². The predicted octanol–water partition coefficient (Wildman–Crippen LogP) is 7.48. The summed E-state index contributed by atoms with van der Waals surface area (Å²) < 4.78 is 18.5. The number of carbonyl (C=O) groups is 1. The molecular formula is C33H52Cl2N2O4. The molecule has 5 heterocycles. The van der Waals surface area contributed by atoms with Gasteiger partial charge in [0.05, 0.1) is 24.5 Å². The predicted molar refractivity (Wildman–Crippen MR) is 171 cm³/mol. The topological polar surface area (TPSA) is 51.2 Å². The van der Waals surface area contributed by atoms with Crippen molar-refractivity contribution in [3.05, 3.63) is 29.0 Å². The number of piperidine rings is 1. The first kappa shape index (κ1) is 34.0. The maximum absolute atomic E-state index is 13.2. The van der Waals surface area contributed by atoms with E-state index in [1.54, 1.807) is 0 Å². The number of morpholine rings is 1. The second kappa shape index (κ2) is 14.8. The molecule has 2 fully saturated rings. The molecule has 2 bridgehead atoms. The smallest absolute Gasteiger partial charge is 0.311 e. The van der Waals surface area contributed by atoms with Crippen LogP contribution in [-0.4, -0.2) is 67.3 Å². The van der Waals surface area contributed by atoms with E-state index in [0.717, 1.165) is 76.5 Å². The number of hydrogen-bond acceptors (Lipinski definition) is 6. The summed E-state index contributed by atoms with van der Waals surface area (Å²) in [4.78, 5) is 18.1. The molecule has 232 valence electrons. The summed E-state index contributed by atoms with van der Waals surface area (Å²) in [5, 5.41) is 0. The Labute approximate surface area is 260 Å². The summed E-state index contributed by atoms with van der Waals surface area (Å²) in [5.41, 5.74) is 4.53. The van der Waals surface area contributed by atoms with E-state index in [9.17, 15) is 4.79 Å². The maximum Gasteiger partial charge on any atom is 0.311 e. The zero-order valence-electron chi connectivity index (χ0n) is 25.8. The number of allylic oxidation sites excluding steroid dienone is 1. The van der Waals surface area contributed by atoms with Gasteiger partial charge in [-0.1, -0.05) is 46.5 Å². The number of hydrogen-bond donors (Lipinski definition) is 0. The van der Waals surface area contributed by atoms with Crippen molar-refractivity contribution >= 4 is 36.4 Å². The Morgan fingerprint density at radius 1 is 1.05 bits per heavy atom. The van der Waals surface area contributed by atoms with Crippen LogP contribution in [0, 0.1) is 11.8 Å². The van der Waals surface area contributed by atoms with E-state index in [1.807, 2.05) is 0 Å². The van der Waals surface area contributed by atoms with Crippen LogP contribution in [0.3, 0.4) is 0 Å². The summed E-state index contributed by atoms with van der Waals surface area (Å²) in [6.07, 6.45) is 8.54. The third kappa shape index (κ3) is 7.55. The molecule has 6 rings (SSSR count). The highest BCUT2D eigenvalue weighted by molar-refractivity contribution is 5.86. The van der Waals surface area contributed by atoms with Crippen molar-refractivity contribution in [3.63, 3.8) is 0 Å². The van der Waals surface area contributed by atoms with Gasteiger partial charge >= 0.3 is 5.97 Å². The van der Waals surface area contributed by atoms with Crippen LogP contribution in [0.5, 0.6) is 11.5 Å². The zero-order valence-corrected chi connectivity index (χ0v) is 27.5. The Balaban J connectivity index is 0.00000231. The van der Waals surface area contributed by atoms with Crippen LogP contribution in [0.15, 0.2) is 17.8 Å². The van der Waals surface area contributed by atoms with Gasteiger partial charge in [0.2, 0.25) is 0 Å². The number of benzene rings is 1. The minimum absolute atomic E-state index is 0. The van der Waals surface area contributed by atoms with E-state index >= 15 is 0 Å². The first-order valence-electron chi connectivity index (χ1n) is 15.7. The first-order valence-corrected chi connectivity index (χ1v) is 15.7. The molecule has 2 unspecified atom stereocenters. The number of fused-ring (bicyclic) bond motifs is 3. The second-order valence-electron chi connectivity index (χ2n) is 12.8. The van der Waals surface area contributed by atoms with Gasteiger partial charge in [-0.3, -0.25) is 9.69 Å². The van der Waals surface area contributed by atoms with Crippen LogP contribution in [0.2, 0.25) is 0 Å². The minimum atomic E-state index is -0.393. The second-order valence-corrected chi connectivity index (χ2v) is 12.8. The molecule has 6 nitrogen and oxygen atoms in total. The monoisotopic (exact) mass is 610 g/mol. The molecule has 1 aromatic rings. The highest BCUT2D eigenvalue weighted by Crippen LogP contribution is 2.55. The molecule has 5 aliphatic rings. The van der Waals surface area contributed by atoms with Crippen molar-refractivity contribution in [1.82, 2.24) is 9.80 Å². The van der Waals surface area contributed by atoms with Gasteiger partial charge in [0.25, 0.3) is 0 Å². The Morgan fingerprint density at radius 2 is 1.76 bits per heavy atom. The average molecular weight is 612 g/mol. The first-order chi connectivity index (χ1) is 18.8. The van der Waals surface area contributed by atoms with Crippen molar-refractivity contribution in [2.24, 2.45) is 11.8 Å². The number of nitrogens with zero attached hydrogens (tertiary/aromatic N) is 2. The van der Waals surface area contributed by atoms with Gasteiger partial charge in [0, 0.05) is 32.6 Å². The number of ether oxygens (including phenoxy) is 3. The van der Waals surface area contributed by atoms with E-state index in [0.29, 0.717) is 29.9 Å². The highest BCUT2D eigenvalue weighted by atomic mass is 35.5. The molecule has 8 heteroatoms. The van der Waals surface area contributed by atoms with E-state index in [2.05, 4.69) is 56.6 Å². The number of esters is 1.